The zero-order chi connectivity index (χ0) is 12.6. The molecule has 2 fully saturated rings. The predicted octanol–water partition coefficient (Wildman–Crippen LogP) is 2.56. The molecule has 1 saturated heterocycles. The molecule has 2 aliphatic rings. The fourth-order valence-electron chi connectivity index (χ4n) is 3.42. The first-order valence-corrected chi connectivity index (χ1v) is 7.57. The Hall–Kier alpha value is -0.220. The fourth-order valence-corrected chi connectivity index (χ4v) is 5.34. The van der Waals surface area contributed by atoms with Gasteiger partial charge in [0.1, 0.15) is 6.04 Å². The first kappa shape index (κ1) is 13.2. The second kappa shape index (κ2) is 4.81. The molecular formula is C13H23NO2S. The molecule has 4 heteroatoms. The van der Waals surface area contributed by atoms with Crippen LogP contribution < -0.4 is 5.32 Å². The van der Waals surface area contributed by atoms with Crippen molar-refractivity contribution in [2.45, 2.75) is 50.9 Å². The summed E-state index contributed by atoms with van der Waals surface area (Å²) in [4.78, 5) is 11.1. The number of hydrogen-bond acceptors (Lipinski definition) is 3. The lowest BCUT2D eigenvalue weighted by Gasteiger charge is -2.45. The van der Waals surface area contributed by atoms with E-state index in [1.54, 1.807) is 0 Å². The van der Waals surface area contributed by atoms with Gasteiger partial charge in [-0.3, -0.25) is 10.1 Å². The zero-order valence-corrected chi connectivity index (χ0v) is 11.7. The number of aliphatic carboxylic acids is 1. The summed E-state index contributed by atoms with van der Waals surface area (Å²) in [6, 6.07) is -0.355. The largest absolute Gasteiger partial charge is 0.480 e. The van der Waals surface area contributed by atoms with E-state index in [0.29, 0.717) is 23.5 Å². The third-order valence-electron chi connectivity index (χ3n) is 4.25. The first-order valence-electron chi connectivity index (χ1n) is 6.59. The molecule has 1 heterocycles. The summed E-state index contributed by atoms with van der Waals surface area (Å²) < 4.78 is 0. The molecule has 0 aromatic rings. The highest BCUT2D eigenvalue weighted by Gasteiger charge is 2.50. The molecule has 1 spiro atoms. The van der Waals surface area contributed by atoms with E-state index in [2.05, 4.69) is 26.1 Å². The number of thioether (sulfide) groups is 1. The van der Waals surface area contributed by atoms with Gasteiger partial charge in [0.05, 0.1) is 4.87 Å². The van der Waals surface area contributed by atoms with Crippen molar-refractivity contribution in [1.82, 2.24) is 5.32 Å². The van der Waals surface area contributed by atoms with E-state index in [4.69, 9.17) is 5.11 Å². The summed E-state index contributed by atoms with van der Waals surface area (Å²) >= 11 is 1.85. The van der Waals surface area contributed by atoms with Crippen molar-refractivity contribution in [2.24, 2.45) is 17.8 Å². The quantitative estimate of drug-likeness (QED) is 0.798. The van der Waals surface area contributed by atoms with Crippen LogP contribution in [0.2, 0.25) is 0 Å². The van der Waals surface area contributed by atoms with Crippen LogP contribution in [0.5, 0.6) is 0 Å². The summed E-state index contributed by atoms with van der Waals surface area (Å²) in [6.45, 7) is 6.81. The molecule has 2 N–H and O–H groups in total. The van der Waals surface area contributed by atoms with E-state index in [0.717, 1.165) is 6.42 Å². The summed E-state index contributed by atoms with van der Waals surface area (Å²) in [5, 5.41) is 12.6. The molecule has 2 rings (SSSR count). The molecule has 0 aromatic carbocycles. The molecule has 1 saturated carbocycles. The van der Waals surface area contributed by atoms with Gasteiger partial charge in [-0.25, -0.2) is 0 Å². The molecule has 0 bridgehead atoms. The lowest BCUT2D eigenvalue weighted by molar-refractivity contribution is -0.139. The topological polar surface area (TPSA) is 49.3 Å². The molecular weight excluding hydrogens is 234 g/mol. The smallest absolute Gasteiger partial charge is 0.321 e. The molecule has 4 atom stereocenters. The van der Waals surface area contributed by atoms with Crippen LogP contribution in [0.25, 0.3) is 0 Å². The number of carbonyl (C=O) groups is 1. The molecule has 0 radical (unpaired) electrons. The highest BCUT2D eigenvalue weighted by molar-refractivity contribution is 8.01. The van der Waals surface area contributed by atoms with Crippen LogP contribution in [0.3, 0.4) is 0 Å². The molecule has 17 heavy (non-hydrogen) atoms. The zero-order valence-electron chi connectivity index (χ0n) is 10.9. The number of carboxylic acid groups (broad SMARTS) is 1. The summed E-state index contributed by atoms with van der Waals surface area (Å²) in [7, 11) is 0. The van der Waals surface area contributed by atoms with Crippen molar-refractivity contribution >= 4 is 17.7 Å². The Bertz CT molecular complexity index is 308. The minimum absolute atomic E-state index is 0.0227. The van der Waals surface area contributed by atoms with E-state index < -0.39 is 5.97 Å². The Morgan fingerprint density at radius 3 is 2.71 bits per heavy atom. The second-order valence-electron chi connectivity index (χ2n) is 5.97. The lowest BCUT2D eigenvalue weighted by Crippen LogP contribution is -2.54. The molecule has 0 amide bonds. The van der Waals surface area contributed by atoms with Gasteiger partial charge < -0.3 is 5.11 Å². The Morgan fingerprint density at radius 1 is 1.47 bits per heavy atom. The van der Waals surface area contributed by atoms with Crippen molar-refractivity contribution < 1.29 is 9.90 Å². The highest BCUT2D eigenvalue weighted by atomic mass is 32.2. The van der Waals surface area contributed by atoms with Crippen molar-refractivity contribution in [3.05, 3.63) is 0 Å². The van der Waals surface area contributed by atoms with Crippen LogP contribution in [-0.2, 0) is 4.79 Å². The first-order chi connectivity index (χ1) is 7.94. The van der Waals surface area contributed by atoms with E-state index in [1.807, 2.05) is 11.8 Å². The van der Waals surface area contributed by atoms with Gasteiger partial charge in [0.2, 0.25) is 0 Å². The van der Waals surface area contributed by atoms with Gasteiger partial charge in [-0.1, -0.05) is 27.2 Å². The van der Waals surface area contributed by atoms with Gasteiger partial charge in [0.25, 0.3) is 0 Å². The number of hydrogen-bond donors (Lipinski definition) is 2. The van der Waals surface area contributed by atoms with Gasteiger partial charge >= 0.3 is 5.97 Å². The second-order valence-corrected chi connectivity index (χ2v) is 7.32. The molecule has 1 aliphatic heterocycles. The normalized spacial score (nSPS) is 42.2. The van der Waals surface area contributed by atoms with Crippen molar-refractivity contribution in [3.8, 4) is 0 Å². The SMILES string of the molecule is CC1CCC(C(C)C)C2(C1)N[C@H](C(=O)O)CS2. The van der Waals surface area contributed by atoms with E-state index in [-0.39, 0.29) is 10.9 Å². The van der Waals surface area contributed by atoms with Crippen LogP contribution in [0, 0.1) is 17.8 Å². The number of nitrogens with one attached hydrogen (secondary N) is 1. The minimum atomic E-state index is -0.699. The Balaban J connectivity index is 2.17. The molecule has 98 valence electrons. The lowest BCUT2D eigenvalue weighted by atomic mass is 9.73. The van der Waals surface area contributed by atoms with Crippen LogP contribution in [0.15, 0.2) is 0 Å². The van der Waals surface area contributed by atoms with Gasteiger partial charge in [-0.05, 0) is 30.6 Å². The summed E-state index contributed by atoms with van der Waals surface area (Å²) in [6.07, 6.45) is 3.63. The summed E-state index contributed by atoms with van der Waals surface area (Å²) in [5.41, 5.74) is 0. The fraction of sp³-hybridized carbons (Fsp3) is 0.923. The maximum atomic E-state index is 11.1. The third kappa shape index (κ3) is 2.48. The van der Waals surface area contributed by atoms with Crippen molar-refractivity contribution in [2.75, 3.05) is 5.75 Å². The number of carboxylic acids is 1. The van der Waals surface area contributed by atoms with Gasteiger partial charge in [0.15, 0.2) is 0 Å². The van der Waals surface area contributed by atoms with Gasteiger partial charge in [0, 0.05) is 5.75 Å². The van der Waals surface area contributed by atoms with Crippen LogP contribution in [-0.4, -0.2) is 27.7 Å². The highest BCUT2D eigenvalue weighted by Crippen LogP contribution is 2.50. The van der Waals surface area contributed by atoms with E-state index >= 15 is 0 Å². The molecule has 1 aliphatic carbocycles. The Morgan fingerprint density at radius 2 is 2.18 bits per heavy atom. The molecule has 3 nitrogen and oxygen atoms in total. The average molecular weight is 257 g/mol. The van der Waals surface area contributed by atoms with Crippen LogP contribution in [0.1, 0.15) is 40.0 Å². The van der Waals surface area contributed by atoms with Crippen molar-refractivity contribution in [3.63, 3.8) is 0 Å². The monoisotopic (exact) mass is 257 g/mol. The van der Waals surface area contributed by atoms with Gasteiger partial charge in [-0.2, -0.15) is 0 Å². The maximum absolute atomic E-state index is 11.1. The molecule has 3 unspecified atom stereocenters. The molecule has 0 aromatic heterocycles. The number of rotatable bonds is 2. The van der Waals surface area contributed by atoms with Gasteiger partial charge in [-0.15, -0.1) is 11.8 Å². The Kier molecular flexibility index (Phi) is 3.74. The predicted molar refractivity (Wildman–Crippen MR) is 71.1 cm³/mol. The van der Waals surface area contributed by atoms with E-state index in [9.17, 15) is 4.79 Å². The maximum Gasteiger partial charge on any atom is 0.321 e. The van der Waals surface area contributed by atoms with Crippen molar-refractivity contribution in [1.29, 1.82) is 0 Å². The average Bonchev–Trinajstić information content (AvgIpc) is 2.62. The van der Waals surface area contributed by atoms with E-state index in [1.165, 1.54) is 12.8 Å². The van der Waals surface area contributed by atoms with Crippen LogP contribution in [0.4, 0.5) is 0 Å². The standard InChI is InChI=1S/C13H23NO2S/c1-8(2)10-5-4-9(3)6-13(10)14-11(7-17-13)12(15)16/h8-11,14H,4-7H2,1-3H3,(H,15,16)/t9?,10?,11-,13?/m0/s1. The van der Waals surface area contributed by atoms with Crippen LogP contribution >= 0.6 is 11.8 Å². The Labute approximate surface area is 108 Å². The minimum Gasteiger partial charge on any atom is -0.480 e. The third-order valence-corrected chi connectivity index (χ3v) is 5.85. The summed E-state index contributed by atoms with van der Waals surface area (Å²) in [5.74, 6) is 1.95.